The zero-order valence-electron chi connectivity index (χ0n) is 9.26. The van der Waals surface area contributed by atoms with Crippen LogP contribution in [0.3, 0.4) is 0 Å². The fraction of sp³-hybridized carbons (Fsp3) is 0.900. The van der Waals surface area contributed by atoms with Crippen LogP contribution in [0.25, 0.3) is 0 Å². The Balaban J connectivity index is 4.17. The van der Waals surface area contributed by atoms with Crippen LogP contribution in [0.2, 0.25) is 0 Å². The molecule has 0 saturated heterocycles. The molecule has 2 N–H and O–H groups in total. The van der Waals surface area contributed by atoms with Crippen LogP contribution in [0.1, 0.15) is 34.1 Å². The number of hydrogen-bond acceptors (Lipinski definition) is 2. The fourth-order valence-electron chi connectivity index (χ4n) is 1.20. The highest BCUT2D eigenvalue weighted by molar-refractivity contribution is 5.73. The smallest absolute Gasteiger partial charge is 0.219 e. The SMILES string of the molecule is CCCN(CC(C)(C)CN)C(C)=O. The van der Waals surface area contributed by atoms with Gasteiger partial charge in [-0.15, -0.1) is 0 Å². The van der Waals surface area contributed by atoms with E-state index >= 15 is 0 Å². The Bertz CT molecular complexity index is 166. The first-order valence-electron chi connectivity index (χ1n) is 4.88. The predicted octanol–water partition coefficient (Wildman–Crippen LogP) is 1.23. The largest absolute Gasteiger partial charge is 0.342 e. The quantitative estimate of drug-likeness (QED) is 0.702. The van der Waals surface area contributed by atoms with Gasteiger partial charge in [-0.1, -0.05) is 20.8 Å². The summed E-state index contributed by atoms with van der Waals surface area (Å²) in [4.78, 5) is 13.1. The first kappa shape index (κ1) is 12.4. The van der Waals surface area contributed by atoms with Crippen LogP contribution >= 0.6 is 0 Å². The van der Waals surface area contributed by atoms with Gasteiger partial charge in [-0.25, -0.2) is 0 Å². The van der Waals surface area contributed by atoms with Crippen molar-refractivity contribution in [3.8, 4) is 0 Å². The number of nitrogens with two attached hydrogens (primary N) is 1. The Labute approximate surface area is 81.3 Å². The summed E-state index contributed by atoms with van der Waals surface area (Å²) < 4.78 is 0. The third-order valence-corrected chi connectivity index (χ3v) is 2.11. The first-order valence-corrected chi connectivity index (χ1v) is 4.88. The monoisotopic (exact) mass is 186 g/mol. The summed E-state index contributed by atoms with van der Waals surface area (Å²) in [7, 11) is 0. The molecule has 78 valence electrons. The van der Waals surface area contributed by atoms with Gasteiger partial charge in [0.15, 0.2) is 0 Å². The maximum Gasteiger partial charge on any atom is 0.219 e. The highest BCUT2D eigenvalue weighted by Gasteiger charge is 2.20. The molecule has 0 saturated carbocycles. The number of carbonyl (C=O) groups excluding carboxylic acids is 1. The molecule has 0 fully saturated rings. The minimum absolute atomic E-state index is 0.0286. The third kappa shape index (κ3) is 4.88. The molecule has 0 heterocycles. The molecule has 3 nitrogen and oxygen atoms in total. The number of carbonyl (C=O) groups is 1. The minimum Gasteiger partial charge on any atom is -0.342 e. The lowest BCUT2D eigenvalue weighted by Gasteiger charge is -2.30. The Morgan fingerprint density at radius 2 is 2.00 bits per heavy atom. The number of nitrogens with zero attached hydrogens (tertiary/aromatic N) is 1. The molecule has 0 aromatic carbocycles. The topological polar surface area (TPSA) is 46.3 Å². The summed E-state index contributed by atoms with van der Waals surface area (Å²) in [6.07, 6.45) is 1.00. The Morgan fingerprint density at radius 3 is 2.31 bits per heavy atom. The molecule has 0 bridgehead atoms. The van der Waals surface area contributed by atoms with E-state index in [1.54, 1.807) is 6.92 Å². The Kier molecular flexibility index (Phi) is 4.99. The summed E-state index contributed by atoms with van der Waals surface area (Å²) in [5.41, 5.74) is 5.64. The van der Waals surface area contributed by atoms with E-state index < -0.39 is 0 Å². The molecule has 13 heavy (non-hydrogen) atoms. The summed E-state index contributed by atoms with van der Waals surface area (Å²) in [5, 5.41) is 0. The molecular formula is C10H22N2O. The molecule has 0 aliphatic heterocycles. The van der Waals surface area contributed by atoms with Crippen molar-refractivity contribution in [1.29, 1.82) is 0 Å². The van der Waals surface area contributed by atoms with Crippen molar-refractivity contribution in [2.75, 3.05) is 19.6 Å². The number of rotatable bonds is 5. The molecular weight excluding hydrogens is 164 g/mol. The number of amides is 1. The van der Waals surface area contributed by atoms with Crippen molar-refractivity contribution in [3.05, 3.63) is 0 Å². The Morgan fingerprint density at radius 1 is 1.46 bits per heavy atom. The average Bonchev–Trinajstić information content (AvgIpc) is 2.03. The zero-order valence-corrected chi connectivity index (χ0v) is 9.26. The molecule has 1 amide bonds. The van der Waals surface area contributed by atoms with Crippen molar-refractivity contribution < 1.29 is 4.79 Å². The van der Waals surface area contributed by atoms with E-state index in [1.165, 1.54) is 0 Å². The Hall–Kier alpha value is -0.570. The third-order valence-electron chi connectivity index (χ3n) is 2.11. The molecule has 0 radical (unpaired) electrons. The van der Waals surface area contributed by atoms with Crippen LogP contribution in [0, 0.1) is 5.41 Å². The van der Waals surface area contributed by atoms with Crippen LogP contribution in [0.5, 0.6) is 0 Å². The van der Waals surface area contributed by atoms with Crippen LogP contribution < -0.4 is 5.73 Å². The lowest BCUT2D eigenvalue weighted by atomic mass is 9.93. The van der Waals surface area contributed by atoms with E-state index in [1.807, 2.05) is 4.90 Å². The van der Waals surface area contributed by atoms with Gasteiger partial charge in [0.1, 0.15) is 0 Å². The van der Waals surface area contributed by atoms with Crippen LogP contribution in [-0.2, 0) is 4.79 Å². The standard InChI is InChI=1S/C10H22N2O/c1-5-6-12(9(2)13)8-10(3,4)7-11/h5-8,11H2,1-4H3. The summed E-state index contributed by atoms with van der Waals surface area (Å²) >= 11 is 0. The van der Waals surface area contributed by atoms with E-state index in [4.69, 9.17) is 5.73 Å². The summed E-state index contributed by atoms with van der Waals surface area (Å²) in [6, 6.07) is 0. The molecule has 0 unspecified atom stereocenters. The lowest BCUT2D eigenvalue weighted by molar-refractivity contribution is -0.130. The maximum atomic E-state index is 11.2. The van der Waals surface area contributed by atoms with Gasteiger partial charge in [0, 0.05) is 20.0 Å². The molecule has 0 rings (SSSR count). The predicted molar refractivity (Wildman–Crippen MR) is 55.4 cm³/mol. The van der Waals surface area contributed by atoms with E-state index in [9.17, 15) is 4.79 Å². The van der Waals surface area contributed by atoms with Gasteiger partial charge < -0.3 is 10.6 Å². The maximum absolute atomic E-state index is 11.2. The van der Waals surface area contributed by atoms with Gasteiger partial charge in [0.2, 0.25) is 5.91 Å². The first-order chi connectivity index (χ1) is 5.93. The number of hydrogen-bond donors (Lipinski definition) is 1. The normalized spacial score (nSPS) is 11.5. The highest BCUT2D eigenvalue weighted by atomic mass is 16.2. The van der Waals surface area contributed by atoms with Gasteiger partial charge in [-0.05, 0) is 18.4 Å². The van der Waals surface area contributed by atoms with Crippen molar-refractivity contribution in [2.24, 2.45) is 11.1 Å². The molecule has 3 heteroatoms. The van der Waals surface area contributed by atoms with E-state index in [-0.39, 0.29) is 11.3 Å². The lowest BCUT2D eigenvalue weighted by Crippen LogP contribution is -2.41. The minimum atomic E-state index is 0.0286. The van der Waals surface area contributed by atoms with Crippen LogP contribution in [0.15, 0.2) is 0 Å². The highest BCUT2D eigenvalue weighted by Crippen LogP contribution is 2.14. The molecule has 0 aliphatic carbocycles. The fourth-order valence-corrected chi connectivity index (χ4v) is 1.20. The summed E-state index contributed by atoms with van der Waals surface area (Å²) in [6.45, 7) is 10.1. The second-order valence-electron chi connectivity index (χ2n) is 4.31. The molecule has 0 aromatic rings. The molecule has 0 spiro atoms. The molecule has 0 aromatic heterocycles. The van der Waals surface area contributed by atoms with Crippen molar-refractivity contribution >= 4 is 5.91 Å². The van der Waals surface area contributed by atoms with Crippen molar-refractivity contribution in [3.63, 3.8) is 0 Å². The molecule has 0 atom stereocenters. The van der Waals surface area contributed by atoms with Gasteiger partial charge in [0.25, 0.3) is 0 Å². The van der Waals surface area contributed by atoms with Gasteiger partial charge in [-0.2, -0.15) is 0 Å². The van der Waals surface area contributed by atoms with Gasteiger partial charge >= 0.3 is 0 Å². The van der Waals surface area contributed by atoms with Gasteiger partial charge in [-0.3, -0.25) is 4.79 Å². The van der Waals surface area contributed by atoms with E-state index in [0.29, 0.717) is 6.54 Å². The van der Waals surface area contributed by atoms with Crippen LogP contribution in [-0.4, -0.2) is 30.4 Å². The summed E-state index contributed by atoms with van der Waals surface area (Å²) in [5.74, 6) is 0.142. The van der Waals surface area contributed by atoms with E-state index in [2.05, 4.69) is 20.8 Å². The second kappa shape index (κ2) is 5.22. The van der Waals surface area contributed by atoms with E-state index in [0.717, 1.165) is 19.5 Å². The van der Waals surface area contributed by atoms with Gasteiger partial charge in [0.05, 0.1) is 0 Å². The zero-order chi connectivity index (χ0) is 10.5. The second-order valence-corrected chi connectivity index (χ2v) is 4.31. The van der Waals surface area contributed by atoms with Crippen molar-refractivity contribution in [2.45, 2.75) is 34.1 Å². The average molecular weight is 186 g/mol. The molecule has 0 aliphatic rings. The van der Waals surface area contributed by atoms with Crippen molar-refractivity contribution in [1.82, 2.24) is 4.90 Å². The van der Waals surface area contributed by atoms with Crippen LogP contribution in [0.4, 0.5) is 0 Å².